The number of aromatic amines is 1. The van der Waals surface area contributed by atoms with Gasteiger partial charge in [0.2, 0.25) is 29.7 Å². The summed E-state index contributed by atoms with van der Waals surface area (Å²) >= 11 is 0. The number of phenolic OH excluding ortho intramolecular Hbond substituents is 2. The van der Waals surface area contributed by atoms with Crippen LogP contribution in [0.4, 0.5) is 17.8 Å². The Morgan fingerprint density at radius 2 is 1.22 bits per heavy atom. The molecule has 0 saturated carbocycles. The summed E-state index contributed by atoms with van der Waals surface area (Å²) in [6.07, 6.45) is 10.8. The Kier molecular flexibility index (Phi) is 19.7. The smallest absolute Gasteiger partial charge is 0.248 e. The summed E-state index contributed by atoms with van der Waals surface area (Å²) in [5.41, 5.74) is 18.0. The molecule has 24 heteroatoms. The minimum atomic E-state index is -0.733. The number of aromatic nitrogens is 10. The first-order valence-corrected chi connectivity index (χ1v) is 27.6. The number of carbonyl (C=O) groups is 2. The lowest BCUT2D eigenvalue weighted by atomic mass is 9.98. The van der Waals surface area contributed by atoms with Crippen LogP contribution in [-0.2, 0) is 43.1 Å². The number of aromatic hydroxyl groups is 2. The van der Waals surface area contributed by atoms with Gasteiger partial charge in [0.1, 0.15) is 30.2 Å². The number of nitrogens with zero attached hydrogens (tertiary/aromatic N) is 13. The van der Waals surface area contributed by atoms with Crippen molar-refractivity contribution < 1.29 is 34.0 Å². The predicted octanol–water partition coefficient (Wildman–Crippen LogP) is 3.60. The topological polar surface area (TPSA) is 295 Å². The van der Waals surface area contributed by atoms with Gasteiger partial charge in [-0.1, -0.05) is 79.1 Å². The van der Waals surface area contributed by atoms with Gasteiger partial charge in [-0.05, 0) is 65.3 Å². The second-order valence-corrected chi connectivity index (χ2v) is 20.4. The summed E-state index contributed by atoms with van der Waals surface area (Å²) in [6, 6.07) is 21.5. The van der Waals surface area contributed by atoms with Crippen LogP contribution in [-0.4, -0.2) is 180 Å². The quantitative estimate of drug-likeness (QED) is 0.0317. The van der Waals surface area contributed by atoms with E-state index in [0.29, 0.717) is 140 Å². The largest absolute Gasteiger partial charge is 0.508 e. The molecule has 7 aromatic rings. The maximum atomic E-state index is 14.8. The van der Waals surface area contributed by atoms with E-state index in [-0.39, 0.29) is 41.9 Å². The third-order valence-corrected chi connectivity index (χ3v) is 14.8. The van der Waals surface area contributed by atoms with Gasteiger partial charge in [-0.3, -0.25) is 9.59 Å². The summed E-state index contributed by atoms with van der Waals surface area (Å²) < 4.78 is 19.9. The number of nitrogens with one attached hydrogen (secondary N) is 2. The van der Waals surface area contributed by atoms with Crippen molar-refractivity contribution in [2.45, 2.75) is 63.7 Å². The van der Waals surface area contributed by atoms with Crippen LogP contribution in [0.25, 0.3) is 10.9 Å². The second kappa shape index (κ2) is 27.8. The minimum Gasteiger partial charge on any atom is -0.508 e. The number of fused-ring (bicyclic) bond motifs is 1. The summed E-state index contributed by atoms with van der Waals surface area (Å²) in [5.74, 6) is 3.91. The number of piperazine rings is 2. The molecule has 81 heavy (non-hydrogen) atoms. The Balaban J connectivity index is 0.891. The zero-order valence-electron chi connectivity index (χ0n) is 46.0. The number of carbonyl (C=O) groups excluding carboxylic acids is 2. The van der Waals surface area contributed by atoms with Crippen molar-refractivity contribution in [2.24, 2.45) is 17.4 Å². The van der Waals surface area contributed by atoms with Gasteiger partial charge in [-0.2, -0.15) is 15.0 Å². The molecular formula is C57H73N17O7. The van der Waals surface area contributed by atoms with E-state index in [1.165, 1.54) is 0 Å². The van der Waals surface area contributed by atoms with Crippen molar-refractivity contribution in [3.05, 3.63) is 119 Å². The van der Waals surface area contributed by atoms with Crippen molar-refractivity contribution in [3.8, 4) is 23.8 Å². The Hall–Kier alpha value is -8.21. The van der Waals surface area contributed by atoms with Gasteiger partial charge in [0.25, 0.3) is 0 Å². The van der Waals surface area contributed by atoms with Crippen LogP contribution in [0.1, 0.15) is 72.6 Å². The lowest BCUT2D eigenvalue weighted by Crippen LogP contribution is -2.52. The van der Waals surface area contributed by atoms with E-state index in [9.17, 15) is 19.8 Å². The standard InChI is InChI=1S/C57H73N17O7/c1-4-27-79-29-31-81-32-30-80-28-18-60-55-62-56(71-23-19-69(20-24-71)53(77)50(34-41-12-16-45(76)17-13-41)74-38-49(66-68-74)52(59)39(3)5-2)64-57(63-55)72-25-21-70(22-26-72)54(78)51(36-43-35-42-8-6-7-9-47(42)61-43)73-37-48(65-67-73)46(58)33-40-10-14-44(75)15-11-40/h1,6-17,35,37-39,46,50-52,61,75-76H,5,18-34,36,58-59H2,2-3H3,(H,60,62,63,64)/t39?,46-,50+,51-,52-/m0/s1. The molecule has 9 rings (SSSR count). The molecular weight excluding hydrogens is 1030 g/mol. The third kappa shape index (κ3) is 15.2. The number of ether oxygens (including phenoxy) is 3. The fourth-order valence-electron chi connectivity index (χ4n) is 9.84. The molecule has 0 aliphatic carbocycles. The van der Waals surface area contributed by atoms with Crippen molar-refractivity contribution >= 4 is 40.6 Å². The van der Waals surface area contributed by atoms with Gasteiger partial charge >= 0.3 is 0 Å². The monoisotopic (exact) mass is 1110 g/mol. The molecule has 428 valence electrons. The zero-order chi connectivity index (χ0) is 56.7. The van der Waals surface area contributed by atoms with E-state index in [2.05, 4.69) is 61.7 Å². The van der Waals surface area contributed by atoms with Crippen molar-refractivity contribution in [1.82, 2.24) is 59.7 Å². The molecule has 5 atom stereocenters. The fraction of sp³-hybridized carbons (Fsp3) is 0.456. The van der Waals surface area contributed by atoms with E-state index >= 15 is 0 Å². The first-order chi connectivity index (χ1) is 39.4. The number of phenols is 2. The van der Waals surface area contributed by atoms with Crippen LogP contribution in [0.3, 0.4) is 0 Å². The number of H-pyrrole nitrogens is 1. The normalized spacial score (nSPS) is 15.8. The molecule has 2 amide bonds. The van der Waals surface area contributed by atoms with Gasteiger partial charge < -0.3 is 65.8 Å². The van der Waals surface area contributed by atoms with E-state index in [4.69, 9.17) is 47.1 Å². The van der Waals surface area contributed by atoms with Gasteiger partial charge in [0.05, 0.1) is 68.9 Å². The molecule has 2 aliphatic heterocycles. The van der Waals surface area contributed by atoms with Crippen LogP contribution < -0.4 is 26.6 Å². The molecule has 0 spiro atoms. The number of nitrogens with two attached hydrogens (primary N) is 2. The van der Waals surface area contributed by atoms with Crippen molar-refractivity contribution in [2.75, 3.05) is 114 Å². The lowest BCUT2D eigenvalue weighted by molar-refractivity contribution is -0.136. The summed E-state index contributed by atoms with van der Waals surface area (Å²) in [7, 11) is 0. The second-order valence-electron chi connectivity index (χ2n) is 20.4. The molecule has 0 bridgehead atoms. The maximum absolute atomic E-state index is 14.8. The van der Waals surface area contributed by atoms with E-state index in [0.717, 1.165) is 34.1 Å². The predicted molar refractivity (Wildman–Crippen MR) is 304 cm³/mol. The summed E-state index contributed by atoms with van der Waals surface area (Å²) in [5, 5.41) is 41.9. The molecule has 0 radical (unpaired) electrons. The van der Waals surface area contributed by atoms with Gasteiger partial charge in [-0.25, -0.2) is 9.36 Å². The Morgan fingerprint density at radius 1 is 0.691 bits per heavy atom. The highest BCUT2D eigenvalue weighted by Crippen LogP contribution is 2.28. The third-order valence-electron chi connectivity index (χ3n) is 14.8. The van der Waals surface area contributed by atoms with Crippen LogP contribution in [0, 0.1) is 18.3 Å². The van der Waals surface area contributed by atoms with Crippen molar-refractivity contribution in [3.63, 3.8) is 0 Å². The number of hydrogen-bond donors (Lipinski definition) is 6. The molecule has 6 heterocycles. The first kappa shape index (κ1) is 57.5. The molecule has 2 aliphatic rings. The number of benzene rings is 3. The number of hydrogen-bond acceptors (Lipinski definition) is 19. The SMILES string of the molecule is C#CCOCCOCCOCCNc1nc(N2CCN(C(=O)[C@@H](Cc3ccc(O)cc3)n3cc([C@@H](N)C(C)CC)nn3)CC2)nc(N2CCN(C(=O)[C@H](Cc3cc4ccccc4[nH]3)n3cc([C@@H](N)Cc4ccc(O)cc4)nn3)CC2)n1. The average Bonchev–Trinajstić information content (AvgIpc) is 4.43. The maximum Gasteiger partial charge on any atom is 0.248 e. The van der Waals surface area contributed by atoms with E-state index < -0.39 is 18.1 Å². The van der Waals surface area contributed by atoms with Crippen LogP contribution in [0.15, 0.2) is 91.3 Å². The number of amides is 2. The summed E-state index contributed by atoms with van der Waals surface area (Å²) in [6.45, 7) is 9.98. The Bertz CT molecular complexity index is 3130. The van der Waals surface area contributed by atoms with E-state index in [1.807, 2.05) is 51.1 Å². The number of rotatable bonds is 27. The van der Waals surface area contributed by atoms with Crippen molar-refractivity contribution in [1.29, 1.82) is 0 Å². The molecule has 1 unspecified atom stereocenters. The van der Waals surface area contributed by atoms with Crippen LogP contribution in [0.5, 0.6) is 11.5 Å². The summed E-state index contributed by atoms with van der Waals surface area (Å²) in [4.78, 5) is 55.5. The Morgan fingerprint density at radius 3 is 1.80 bits per heavy atom. The lowest BCUT2D eigenvalue weighted by Gasteiger charge is -2.38. The van der Waals surface area contributed by atoms with Gasteiger partial charge in [0.15, 0.2) is 0 Å². The highest BCUT2D eigenvalue weighted by atomic mass is 16.5. The highest BCUT2D eigenvalue weighted by molar-refractivity contribution is 5.83. The van der Waals surface area contributed by atoms with Gasteiger partial charge in [0, 0.05) is 83.0 Å². The molecule has 4 aromatic heterocycles. The first-order valence-electron chi connectivity index (χ1n) is 27.6. The highest BCUT2D eigenvalue weighted by Gasteiger charge is 2.34. The Labute approximate surface area is 470 Å². The molecule has 24 nitrogen and oxygen atoms in total. The molecule has 2 fully saturated rings. The number of para-hydroxylation sites is 1. The number of anilines is 3. The van der Waals surface area contributed by atoms with Crippen LogP contribution >= 0.6 is 0 Å². The average molecular weight is 1110 g/mol. The molecule has 8 N–H and O–H groups in total. The van der Waals surface area contributed by atoms with E-state index in [1.54, 1.807) is 58.2 Å². The minimum absolute atomic E-state index is 0.116. The van der Waals surface area contributed by atoms with Gasteiger partial charge in [-0.15, -0.1) is 16.6 Å². The molecule has 3 aromatic carbocycles. The molecule has 2 saturated heterocycles. The van der Waals surface area contributed by atoms with Crippen LogP contribution in [0.2, 0.25) is 0 Å². The number of terminal acetylenes is 1. The fourth-order valence-corrected chi connectivity index (χ4v) is 9.84. The zero-order valence-corrected chi connectivity index (χ0v) is 46.0.